The fraction of sp³-hybridized carbons (Fsp3) is 0.562. The highest BCUT2D eigenvalue weighted by Gasteiger charge is 2.29. The topological polar surface area (TPSA) is 35.5 Å². The van der Waals surface area contributed by atoms with Crippen LogP contribution in [-0.4, -0.2) is 25.1 Å². The SMILES string of the molecule is CC1COCCC1C(=O)c1ccc(OC2CC2)cc1. The molecular weight excluding hydrogens is 240 g/mol. The normalized spacial score (nSPS) is 27.0. The van der Waals surface area contributed by atoms with Crippen molar-refractivity contribution in [2.24, 2.45) is 11.8 Å². The third-order valence-corrected chi connectivity index (χ3v) is 3.94. The van der Waals surface area contributed by atoms with Crippen LogP contribution in [-0.2, 0) is 4.74 Å². The number of hydrogen-bond donors (Lipinski definition) is 0. The van der Waals surface area contributed by atoms with Crippen molar-refractivity contribution < 1.29 is 14.3 Å². The van der Waals surface area contributed by atoms with Crippen molar-refractivity contribution >= 4 is 5.78 Å². The first-order chi connectivity index (χ1) is 9.24. The van der Waals surface area contributed by atoms with E-state index in [4.69, 9.17) is 9.47 Å². The van der Waals surface area contributed by atoms with E-state index in [1.165, 1.54) is 0 Å². The first kappa shape index (κ1) is 12.7. The molecule has 0 N–H and O–H groups in total. The number of carbonyl (C=O) groups is 1. The lowest BCUT2D eigenvalue weighted by Gasteiger charge is -2.27. The Morgan fingerprint density at radius 3 is 2.58 bits per heavy atom. The Kier molecular flexibility index (Phi) is 3.56. The van der Waals surface area contributed by atoms with Gasteiger partial charge in [0.25, 0.3) is 0 Å². The van der Waals surface area contributed by atoms with Crippen LogP contribution in [0.1, 0.15) is 36.5 Å². The van der Waals surface area contributed by atoms with Gasteiger partial charge in [0, 0.05) is 24.7 Å². The zero-order valence-corrected chi connectivity index (χ0v) is 11.3. The van der Waals surface area contributed by atoms with E-state index in [-0.39, 0.29) is 11.7 Å². The fourth-order valence-corrected chi connectivity index (χ4v) is 2.56. The van der Waals surface area contributed by atoms with Crippen molar-refractivity contribution in [1.29, 1.82) is 0 Å². The second kappa shape index (κ2) is 5.33. The predicted molar refractivity (Wildman–Crippen MR) is 72.5 cm³/mol. The molecule has 1 saturated carbocycles. The highest BCUT2D eigenvalue weighted by Crippen LogP contribution is 2.29. The maximum atomic E-state index is 12.5. The lowest BCUT2D eigenvalue weighted by molar-refractivity contribution is 0.0241. The number of carbonyl (C=O) groups excluding carboxylic acids is 1. The summed E-state index contributed by atoms with van der Waals surface area (Å²) in [6, 6.07) is 7.61. The zero-order valence-electron chi connectivity index (χ0n) is 11.3. The Morgan fingerprint density at radius 1 is 1.21 bits per heavy atom. The third-order valence-electron chi connectivity index (χ3n) is 3.94. The van der Waals surface area contributed by atoms with Gasteiger partial charge in [-0.3, -0.25) is 4.79 Å². The predicted octanol–water partition coefficient (Wildman–Crippen LogP) is 3.08. The molecule has 0 spiro atoms. The van der Waals surface area contributed by atoms with E-state index in [1.54, 1.807) is 0 Å². The standard InChI is InChI=1S/C16H20O3/c1-11-10-18-9-8-15(11)16(17)12-2-4-13(5-3-12)19-14-6-7-14/h2-5,11,14-15H,6-10H2,1H3. The average molecular weight is 260 g/mol. The maximum absolute atomic E-state index is 12.5. The Bertz CT molecular complexity index is 448. The Balaban J connectivity index is 1.68. The van der Waals surface area contributed by atoms with E-state index in [0.717, 1.165) is 30.6 Å². The summed E-state index contributed by atoms with van der Waals surface area (Å²) in [4.78, 5) is 12.5. The summed E-state index contributed by atoms with van der Waals surface area (Å²) in [5, 5.41) is 0. The van der Waals surface area contributed by atoms with Gasteiger partial charge in [0.05, 0.1) is 6.10 Å². The molecular formula is C16H20O3. The van der Waals surface area contributed by atoms with Crippen LogP contribution in [0.3, 0.4) is 0 Å². The van der Waals surface area contributed by atoms with Crippen molar-refractivity contribution in [3.8, 4) is 5.75 Å². The number of Topliss-reactive ketones (excluding diaryl/α,β-unsaturated/α-hetero) is 1. The highest BCUT2D eigenvalue weighted by atomic mass is 16.5. The number of ether oxygens (including phenoxy) is 2. The van der Waals surface area contributed by atoms with E-state index in [9.17, 15) is 4.79 Å². The number of rotatable bonds is 4. The molecule has 102 valence electrons. The summed E-state index contributed by atoms with van der Waals surface area (Å²) in [5.74, 6) is 1.53. The molecule has 0 aromatic heterocycles. The quantitative estimate of drug-likeness (QED) is 0.780. The van der Waals surface area contributed by atoms with Crippen LogP contribution < -0.4 is 4.74 Å². The van der Waals surface area contributed by atoms with Crippen LogP contribution in [0.15, 0.2) is 24.3 Å². The molecule has 1 saturated heterocycles. The lowest BCUT2D eigenvalue weighted by Crippen LogP contribution is -2.31. The van der Waals surface area contributed by atoms with Crippen molar-refractivity contribution in [3.05, 3.63) is 29.8 Å². The van der Waals surface area contributed by atoms with Crippen molar-refractivity contribution in [1.82, 2.24) is 0 Å². The smallest absolute Gasteiger partial charge is 0.166 e. The molecule has 0 radical (unpaired) electrons. The van der Waals surface area contributed by atoms with Crippen molar-refractivity contribution in [2.45, 2.75) is 32.3 Å². The molecule has 3 rings (SSSR count). The van der Waals surface area contributed by atoms with Gasteiger partial charge >= 0.3 is 0 Å². The first-order valence-corrected chi connectivity index (χ1v) is 7.13. The van der Waals surface area contributed by atoms with Gasteiger partial charge < -0.3 is 9.47 Å². The Morgan fingerprint density at radius 2 is 1.95 bits per heavy atom. The Labute approximate surface area is 113 Å². The molecule has 1 aromatic rings. The maximum Gasteiger partial charge on any atom is 0.166 e. The van der Waals surface area contributed by atoms with Crippen LogP contribution in [0.5, 0.6) is 5.75 Å². The molecule has 1 aliphatic heterocycles. The molecule has 0 amide bonds. The minimum Gasteiger partial charge on any atom is -0.490 e. The molecule has 2 unspecified atom stereocenters. The van der Waals surface area contributed by atoms with Gasteiger partial charge in [0.2, 0.25) is 0 Å². The van der Waals surface area contributed by atoms with E-state index in [2.05, 4.69) is 6.92 Å². The molecule has 2 aliphatic rings. The molecule has 2 fully saturated rings. The molecule has 1 heterocycles. The van der Waals surface area contributed by atoms with Gasteiger partial charge in [-0.15, -0.1) is 0 Å². The van der Waals surface area contributed by atoms with Gasteiger partial charge in [-0.1, -0.05) is 6.92 Å². The number of hydrogen-bond acceptors (Lipinski definition) is 3. The number of ketones is 1. The van der Waals surface area contributed by atoms with Crippen LogP contribution in [0.4, 0.5) is 0 Å². The number of benzene rings is 1. The second-order valence-electron chi connectivity index (χ2n) is 5.65. The molecule has 1 aliphatic carbocycles. The summed E-state index contributed by atoms with van der Waals surface area (Å²) in [7, 11) is 0. The van der Waals surface area contributed by atoms with E-state index in [1.807, 2.05) is 24.3 Å². The monoisotopic (exact) mass is 260 g/mol. The Hall–Kier alpha value is -1.35. The highest BCUT2D eigenvalue weighted by molar-refractivity contribution is 5.98. The van der Waals surface area contributed by atoms with Crippen LogP contribution >= 0.6 is 0 Å². The second-order valence-corrected chi connectivity index (χ2v) is 5.65. The summed E-state index contributed by atoms with van der Waals surface area (Å²) < 4.78 is 11.1. The van der Waals surface area contributed by atoms with Gasteiger partial charge in [0.1, 0.15) is 5.75 Å². The van der Waals surface area contributed by atoms with Crippen molar-refractivity contribution in [2.75, 3.05) is 13.2 Å². The molecule has 1 aromatic carbocycles. The molecule has 2 atom stereocenters. The molecule has 3 nitrogen and oxygen atoms in total. The third kappa shape index (κ3) is 2.98. The summed E-state index contributed by atoms with van der Waals surface area (Å²) in [5.41, 5.74) is 0.793. The zero-order chi connectivity index (χ0) is 13.2. The first-order valence-electron chi connectivity index (χ1n) is 7.13. The van der Waals surface area contributed by atoms with E-state index >= 15 is 0 Å². The molecule has 0 bridgehead atoms. The van der Waals surface area contributed by atoms with Gasteiger partial charge in [-0.2, -0.15) is 0 Å². The lowest BCUT2D eigenvalue weighted by atomic mass is 9.83. The van der Waals surface area contributed by atoms with Gasteiger partial charge in [-0.05, 0) is 49.4 Å². The largest absolute Gasteiger partial charge is 0.490 e. The van der Waals surface area contributed by atoms with Gasteiger partial charge in [-0.25, -0.2) is 0 Å². The minimum absolute atomic E-state index is 0.101. The van der Waals surface area contributed by atoms with E-state index in [0.29, 0.717) is 25.2 Å². The summed E-state index contributed by atoms with van der Waals surface area (Å²) >= 11 is 0. The van der Waals surface area contributed by atoms with Crippen LogP contribution in [0.2, 0.25) is 0 Å². The summed E-state index contributed by atoms with van der Waals surface area (Å²) in [6.45, 7) is 3.48. The molecule has 3 heteroatoms. The fourth-order valence-electron chi connectivity index (χ4n) is 2.56. The summed E-state index contributed by atoms with van der Waals surface area (Å²) in [6.07, 6.45) is 3.54. The van der Waals surface area contributed by atoms with Crippen LogP contribution in [0.25, 0.3) is 0 Å². The van der Waals surface area contributed by atoms with Crippen LogP contribution in [0, 0.1) is 11.8 Å². The van der Waals surface area contributed by atoms with Gasteiger partial charge in [0.15, 0.2) is 5.78 Å². The average Bonchev–Trinajstić information content (AvgIpc) is 3.23. The van der Waals surface area contributed by atoms with E-state index < -0.39 is 0 Å². The molecule has 19 heavy (non-hydrogen) atoms. The minimum atomic E-state index is 0.101. The van der Waals surface area contributed by atoms with Crippen molar-refractivity contribution in [3.63, 3.8) is 0 Å².